The van der Waals surface area contributed by atoms with Gasteiger partial charge >= 0.3 is 0 Å². The molecule has 1 aromatic heterocycles. The van der Waals surface area contributed by atoms with Gasteiger partial charge in [-0.1, -0.05) is 19.9 Å². The number of aliphatic hydroxyl groups excluding tert-OH is 1. The summed E-state index contributed by atoms with van der Waals surface area (Å²) in [6, 6.07) is 5.04. The second-order valence-electron chi connectivity index (χ2n) is 9.63. The molecule has 0 radical (unpaired) electrons. The molecule has 5 rings (SSSR count). The number of nitrogens with one attached hydrogen (secondary N) is 1. The fraction of sp³-hybridized carbons (Fsp3) is 0.619. The van der Waals surface area contributed by atoms with Gasteiger partial charge in [0.1, 0.15) is 5.82 Å². The predicted octanol–water partition coefficient (Wildman–Crippen LogP) is 2.66. The fourth-order valence-electron chi connectivity index (χ4n) is 6.35. The molecular weight excluding hydrogens is 390 g/mol. The van der Waals surface area contributed by atoms with E-state index in [-0.39, 0.29) is 29.0 Å². The molecule has 1 amide bonds. The Morgan fingerprint density at radius 2 is 2.17 bits per heavy atom. The molecule has 3 fully saturated rings. The molecular formula is C21H27N3O4S. The number of benzene rings is 1. The van der Waals surface area contributed by atoms with Crippen LogP contribution in [0.3, 0.4) is 0 Å². The van der Waals surface area contributed by atoms with E-state index >= 15 is 0 Å². The van der Waals surface area contributed by atoms with E-state index in [2.05, 4.69) is 23.8 Å². The highest BCUT2D eigenvalue weighted by Crippen LogP contribution is 2.70. The first kappa shape index (κ1) is 19.1. The molecule has 1 aliphatic heterocycles. The van der Waals surface area contributed by atoms with Crippen LogP contribution in [0.15, 0.2) is 18.2 Å². The van der Waals surface area contributed by atoms with Crippen molar-refractivity contribution in [1.82, 2.24) is 14.3 Å². The van der Waals surface area contributed by atoms with Crippen LogP contribution in [-0.4, -0.2) is 45.5 Å². The largest absolute Gasteiger partial charge is 0.388 e. The molecule has 3 aliphatic rings. The Kier molecular flexibility index (Phi) is 3.82. The molecule has 2 heterocycles. The number of aliphatic hydroxyl groups is 1. The summed E-state index contributed by atoms with van der Waals surface area (Å²) in [6.45, 7) is 6.17. The van der Waals surface area contributed by atoms with Gasteiger partial charge in [-0.05, 0) is 55.2 Å². The SMILES string of the molecule is Cc1nc2ccc([C@@H](O)CC(=O)N3[C@@H]4CC5CC[C@]4(CS3(=O)=O)C5(C)C)cc2[nH]1. The predicted molar refractivity (Wildman–Crippen MR) is 108 cm³/mol. The first-order valence-corrected chi connectivity index (χ1v) is 11.9. The number of aryl methyl sites for hydroxylation is 1. The van der Waals surface area contributed by atoms with E-state index in [1.165, 1.54) is 0 Å². The number of H-pyrrole nitrogens is 1. The van der Waals surface area contributed by atoms with Gasteiger partial charge in [-0.15, -0.1) is 0 Å². The van der Waals surface area contributed by atoms with Crippen molar-refractivity contribution in [3.63, 3.8) is 0 Å². The van der Waals surface area contributed by atoms with E-state index in [4.69, 9.17) is 0 Å². The minimum Gasteiger partial charge on any atom is -0.388 e. The van der Waals surface area contributed by atoms with Gasteiger partial charge in [0, 0.05) is 5.41 Å². The van der Waals surface area contributed by atoms with E-state index in [9.17, 15) is 18.3 Å². The molecule has 2 aliphatic carbocycles. The molecule has 1 saturated heterocycles. The van der Waals surface area contributed by atoms with Crippen molar-refractivity contribution in [2.24, 2.45) is 16.7 Å². The van der Waals surface area contributed by atoms with E-state index in [0.29, 0.717) is 11.5 Å². The standard InChI is InChI=1S/C21H27N3O4S/c1-12-22-15-5-4-13(8-16(15)23-12)17(25)10-19(26)24-18-9-14-6-7-21(18,20(14,2)3)11-29(24,27)28/h4-5,8,14,17-18,25H,6-7,9-11H2,1-3H3,(H,22,23)/t14?,17-,18+,21+/m0/s1. The molecule has 8 heteroatoms. The van der Waals surface area contributed by atoms with E-state index in [1.807, 2.05) is 6.92 Å². The topological polar surface area (TPSA) is 103 Å². The lowest BCUT2D eigenvalue weighted by Crippen LogP contribution is -2.44. The average molecular weight is 418 g/mol. The summed E-state index contributed by atoms with van der Waals surface area (Å²) in [5, 5.41) is 10.7. The maximum Gasteiger partial charge on any atom is 0.239 e. The number of aromatic nitrogens is 2. The normalized spacial score (nSPS) is 32.6. The van der Waals surface area contributed by atoms with Crippen molar-refractivity contribution in [1.29, 1.82) is 0 Å². The Bertz CT molecular complexity index is 1120. The summed E-state index contributed by atoms with van der Waals surface area (Å²) in [6.07, 6.45) is 1.33. The zero-order valence-corrected chi connectivity index (χ0v) is 17.8. The summed E-state index contributed by atoms with van der Waals surface area (Å²) >= 11 is 0. The van der Waals surface area contributed by atoms with Gasteiger partial charge in [-0.25, -0.2) is 17.7 Å². The van der Waals surface area contributed by atoms with E-state index in [0.717, 1.165) is 40.4 Å². The average Bonchev–Trinajstić information content (AvgIpc) is 3.25. The Labute approximate surface area is 170 Å². The van der Waals surface area contributed by atoms with Gasteiger partial charge in [-0.3, -0.25) is 4.79 Å². The number of hydrogen-bond acceptors (Lipinski definition) is 5. The van der Waals surface area contributed by atoms with E-state index < -0.39 is 22.0 Å². The summed E-state index contributed by atoms with van der Waals surface area (Å²) < 4.78 is 27.1. The van der Waals surface area contributed by atoms with Crippen LogP contribution < -0.4 is 0 Å². The molecule has 156 valence electrons. The van der Waals surface area contributed by atoms with Crippen molar-refractivity contribution in [3.8, 4) is 0 Å². The highest BCUT2D eigenvalue weighted by molar-refractivity contribution is 7.90. The monoisotopic (exact) mass is 417 g/mol. The highest BCUT2D eigenvalue weighted by Gasteiger charge is 2.72. The molecule has 1 aromatic carbocycles. The van der Waals surface area contributed by atoms with Crippen LogP contribution in [0, 0.1) is 23.7 Å². The zero-order valence-electron chi connectivity index (χ0n) is 17.0. The first-order valence-electron chi connectivity index (χ1n) is 10.2. The molecule has 29 heavy (non-hydrogen) atoms. The Morgan fingerprint density at radius 3 is 2.90 bits per heavy atom. The highest BCUT2D eigenvalue weighted by atomic mass is 32.2. The lowest BCUT2D eigenvalue weighted by atomic mass is 9.69. The van der Waals surface area contributed by atoms with Gasteiger partial charge < -0.3 is 10.1 Å². The number of carbonyl (C=O) groups excluding carboxylic acids is 1. The van der Waals surface area contributed by atoms with Crippen LogP contribution in [0.5, 0.6) is 0 Å². The number of hydrogen-bond donors (Lipinski definition) is 2. The van der Waals surface area contributed by atoms with Crippen LogP contribution in [0.25, 0.3) is 11.0 Å². The third-order valence-electron chi connectivity index (χ3n) is 8.03. The van der Waals surface area contributed by atoms with Crippen molar-refractivity contribution in [2.45, 2.75) is 58.6 Å². The van der Waals surface area contributed by atoms with Crippen LogP contribution in [0.1, 0.15) is 57.0 Å². The smallest absolute Gasteiger partial charge is 0.239 e. The zero-order chi connectivity index (χ0) is 20.8. The van der Waals surface area contributed by atoms with Crippen molar-refractivity contribution >= 4 is 27.0 Å². The summed E-state index contributed by atoms with van der Waals surface area (Å²) in [4.78, 5) is 20.6. The number of carbonyl (C=O) groups is 1. The number of aromatic amines is 1. The Hall–Kier alpha value is -1.93. The molecule has 2 saturated carbocycles. The molecule has 2 aromatic rings. The van der Waals surface area contributed by atoms with Crippen molar-refractivity contribution in [3.05, 3.63) is 29.6 Å². The molecule has 4 atom stereocenters. The third kappa shape index (κ3) is 2.48. The first-order chi connectivity index (χ1) is 13.5. The van der Waals surface area contributed by atoms with Crippen LogP contribution in [0.4, 0.5) is 0 Å². The molecule has 1 unspecified atom stereocenters. The van der Waals surface area contributed by atoms with Crippen molar-refractivity contribution in [2.75, 3.05) is 5.75 Å². The second-order valence-corrected chi connectivity index (χ2v) is 11.5. The van der Waals surface area contributed by atoms with Crippen molar-refractivity contribution < 1.29 is 18.3 Å². The minimum absolute atomic E-state index is 0.0510. The molecule has 7 nitrogen and oxygen atoms in total. The number of fused-ring (bicyclic) bond motifs is 2. The second kappa shape index (κ2) is 5.82. The fourth-order valence-corrected chi connectivity index (χ4v) is 8.91. The maximum absolute atomic E-state index is 13.1. The number of nitrogens with zero attached hydrogens (tertiary/aromatic N) is 2. The van der Waals surface area contributed by atoms with Gasteiger partial charge in [-0.2, -0.15) is 0 Å². The summed E-state index contributed by atoms with van der Waals surface area (Å²) in [5.74, 6) is 0.781. The quantitative estimate of drug-likeness (QED) is 0.799. The van der Waals surface area contributed by atoms with Crippen LogP contribution in [0.2, 0.25) is 0 Å². The van der Waals surface area contributed by atoms with Gasteiger partial charge in [0.2, 0.25) is 15.9 Å². The molecule has 2 N–H and O–H groups in total. The lowest BCUT2D eigenvalue weighted by Gasteiger charge is -2.37. The maximum atomic E-state index is 13.1. The summed E-state index contributed by atoms with van der Waals surface area (Å²) in [5.41, 5.74) is 1.73. The van der Waals surface area contributed by atoms with Gasteiger partial charge in [0.25, 0.3) is 0 Å². The van der Waals surface area contributed by atoms with E-state index in [1.54, 1.807) is 18.2 Å². The van der Waals surface area contributed by atoms with Crippen LogP contribution in [-0.2, 0) is 14.8 Å². The number of sulfonamides is 1. The molecule has 2 bridgehead atoms. The van der Waals surface area contributed by atoms with Gasteiger partial charge in [0.15, 0.2) is 0 Å². The Balaban J connectivity index is 1.41. The third-order valence-corrected chi connectivity index (χ3v) is 9.97. The molecule has 1 spiro atoms. The van der Waals surface area contributed by atoms with Gasteiger partial charge in [0.05, 0.1) is 35.4 Å². The minimum atomic E-state index is -3.66. The number of rotatable bonds is 3. The lowest BCUT2D eigenvalue weighted by molar-refractivity contribution is -0.131. The Morgan fingerprint density at radius 1 is 1.41 bits per heavy atom. The summed E-state index contributed by atoms with van der Waals surface area (Å²) in [7, 11) is -3.66. The van der Waals surface area contributed by atoms with Crippen LogP contribution >= 0.6 is 0 Å². The number of imidazole rings is 1. The number of amides is 1.